The van der Waals surface area contributed by atoms with Crippen molar-refractivity contribution in [3.8, 4) is 11.3 Å². The minimum absolute atomic E-state index is 0.0598. The normalized spacial score (nSPS) is 11.3. The summed E-state index contributed by atoms with van der Waals surface area (Å²) in [6.07, 6.45) is 7.47. The van der Waals surface area contributed by atoms with Gasteiger partial charge < -0.3 is 19.6 Å². The number of carbonyl (C=O) groups is 2. The van der Waals surface area contributed by atoms with Gasteiger partial charge in [0, 0.05) is 52.7 Å². The lowest BCUT2D eigenvalue weighted by atomic mass is 10.2. The van der Waals surface area contributed by atoms with Crippen molar-refractivity contribution in [2.24, 2.45) is 0 Å². The van der Waals surface area contributed by atoms with Gasteiger partial charge in [0.1, 0.15) is 17.2 Å². The zero-order valence-corrected chi connectivity index (χ0v) is 20.1. The third-order valence-corrected chi connectivity index (χ3v) is 5.58. The molecule has 178 valence electrons. The standard InChI is InChI=1S/C26H22Cl2N4O3/c27-20-6-2-18(3-7-20)24-11-10-22(35-24)16-23(31-25(33)19-4-8-21(28)9-5-19)26(34)30-12-1-14-32-15-13-29-17-32/h2-11,13,15-17H,1,12,14H2,(H,30,34)(H,31,33). The second-order valence-corrected chi connectivity index (χ2v) is 8.51. The molecule has 0 aliphatic heterocycles. The number of nitrogens with zero attached hydrogens (tertiary/aromatic N) is 2. The number of rotatable bonds is 9. The smallest absolute Gasteiger partial charge is 0.267 e. The minimum atomic E-state index is -0.439. The van der Waals surface area contributed by atoms with E-state index in [2.05, 4.69) is 15.6 Å². The molecule has 4 rings (SSSR count). The maximum Gasteiger partial charge on any atom is 0.267 e. The molecule has 0 aliphatic rings. The zero-order chi connectivity index (χ0) is 24.6. The van der Waals surface area contributed by atoms with Crippen LogP contribution in [-0.4, -0.2) is 27.9 Å². The summed E-state index contributed by atoms with van der Waals surface area (Å²) in [5.74, 6) is 0.153. The third kappa shape index (κ3) is 6.85. The van der Waals surface area contributed by atoms with Crippen LogP contribution in [0, 0.1) is 0 Å². The van der Waals surface area contributed by atoms with Crippen LogP contribution in [0.25, 0.3) is 17.4 Å². The second kappa shape index (κ2) is 11.6. The lowest BCUT2D eigenvalue weighted by molar-refractivity contribution is -0.117. The van der Waals surface area contributed by atoms with E-state index in [0.29, 0.717) is 46.6 Å². The molecule has 2 amide bonds. The summed E-state index contributed by atoms with van der Waals surface area (Å²) in [7, 11) is 0. The average Bonchev–Trinajstić information content (AvgIpc) is 3.54. The Hall–Kier alpha value is -3.81. The molecule has 0 unspecified atom stereocenters. The Morgan fingerprint density at radius 2 is 1.69 bits per heavy atom. The van der Waals surface area contributed by atoms with E-state index in [1.165, 1.54) is 6.08 Å². The molecule has 9 heteroatoms. The van der Waals surface area contributed by atoms with E-state index in [-0.39, 0.29) is 5.70 Å². The van der Waals surface area contributed by atoms with Crippen LogP contribution < -0.4 is 10.6 Å². The fraction of sp³-hybridized carbons (Fsp3) is 0.115. The second-order valence-electron chi connectivity index (χ2n) is 7.64. The number of hydrogen-bond donors (Lipinski definition) is 2. The van der Waals surface area contributed by atoms with Crippen LogP contribution in [0.3, 0.4) is 0 Å². The molecule has 35 heavy (non-hydrogen) atoms. The summed E-state index contributed by atoms with van der Waals surface area (Å²) in [6, 6.07) is 17.1. The SMILES string of the molecule is O=C(NCCCn1ccnc1)C(=Cc1ccc(-c2ccc(Cl)cc2)o1)NC(=O)c1ccc(Cl)cc1. The van der Waals surface area contributed by atoms with Crippen LogP contribution in [0.4, 0.5) is 0 Å². The van der Waals surface area contributed by atoms with Crippen LogP contribution in [-0.2, 0) is 11.3 Å². The van der Waals surface area contributed by atoms with Crippen molar-refractivity contribution >= 4 is 41.1 Å². The highest BCUT2D eigenvalue weighted by Gasteiger charge is 2.16. The van der Waals surface area contributed by atoms with Gasteiger partial charge >= 0.3 is 0 Å². The van der Waals surface area contributed by atoms with Gasteiger partial charge in [0.25, 0.3) is 11.8 Å². The molecule has 0 atom stereocenters. The van der Waals surface area contributed by atoms with Crippen molar-refractivity contribution < 1.29 is 14.0 Å². The third-order valence-electron chi connectivity index (χ3n) is 5.08. The average molecular weight is 509 g/mol. The minimum Gasteiger partial charge on any atom is -0.457 e. The Kier molecular flexibility index (Phi) is 8.03. The zero-order valence-electron chi connectivity index (χ0n) is 18.6. The highest BCUT2D eigenvalue weighted by Crippen LogP contribution is 2.24. The van der Waals surface area contributed by atoms with Gasteiger partial charge in [-0.1, -0.05) is 23.2 Å². The summed E-state index contributed by atoms with van der Waals surface area (Å²) in [5.41, 5.74) is 1.27. The van der Waals surface area contributed by atoms with Gasteiger partial charge in [-0.25, -0.2) is 4.98 Å². The fourth-order valence-electron chi connectivity index (χ4n) is 3.27. The number of aryl methyl sites for hydroxylation is 1. The molecule has 0 radical (unpaired) electrons. The molecule has 0 bridgehead atoms. The van der Waals surface area contributed by atoms with Gasteiger partial charge in [-0.3, -0.25) is 9.59 Å². The first-order chi connectivity index (χ1) is 17.0. The van der Waals surface area contributed by atoms with Gasteiger partial charge in [-0.15, -0.1) is 0 Å². The topological polar surface area (TPSA) is 89.2 Å². The molecule has 2 aromatic carbocycles. The van der Waals surface area contributed by atoms with E-state index in [4.69, 9.17) is 27.6 Å². The first-order valence-electron chi connectivity index (χ1n) is 10.9. The number of carbonyl (C=O) groups excluding carboxylic acids is 2. The Morgan fingerprint density at radius 1 is 0.971 bits per heavy atom. The van der Waals surface area contributed by atoms with Gasteiger partial charge in [-0.05, 0) is 67.1 Å². The molecule has 0 spiro atoms. The predicted octanol–water partition coefficient (Wildman–Crippen LogP) is 5.43. The maximum absolute atomic E-state index is 13.0. The Labute approximate surface area is 212 Å². The van der Waals surface area contributed by atoms with E-state index in [1.54, 1.807) is 61.1 Å². The molecule has 2 N–H and O–H groups in total. The first-order valence-corrected chi connectivity index (χ1v) is 11.6. The Morgan fingerprint density at radius 3 is 2.37 bits per heavy atom. The molecule has 2 aromatic heterocycles. The van der Waals surface area contributed by atoms with E-state index in [9.17, 15) is 9.59 Å². The van der Waals surface area contributed by atoms with Crippen LogP contribution in [0.15, 0.2) is 89.5 Å². The lowest BCUT2D eigenvalue weighted by Gasteiger charge is -2.11. The van der Waals surface area contributed by atoms with E-state index in [0.717, 1.165) is 5.56 Å². The molecule has 0 saturated heterocycles. The highest BCUT2D eigenvalue weighted by molar-refractivity contribution is 6.31. The van der Waals surface area contributed by atoms with Crippen molar-refractivity contribution in [3.63, 3.8) is 0 Å². The van der Waals surface area contributed by atoms with Crippen LogP contribution in [0.5, 0.6) is 0 Å². The predicted molar refractivity (Wildman–Crippen MR) is 136 cm³/mol. The monoisotopic (exact) mass is 508 g/mol. The summed E-state index contributed by atoms with van der Waals surface area (Å²) in [5, 5.41) is 6.66. The van der Waals surface area contributed by atoms with E-state index in [1.807, 2.05) is 22.9 Å². The quantitative estimate of drug-likeness (QED) is 0.233. The summed E-state index contributed by atoms with van der Waals surface area (Å²) >= 11 is 11.9. The van der Waals surface area contributed by atoms with Gasteiger partial charge in [0.2, 0.25) is 0 Å². The van der Waals surface area contributed by atoms with Crippen LogP contribution >= 0.6 is 23.2 Å². The van der Waals surface area contributed by atoms with Gasteiger partial charge in [0.15, 0.2) is 0 Å². The molecule has 4 aromatic rings. The molecular formula is C26H22Cl2N4O3. The largest absolute Gasteiger partial charge is 0.457 e. The number of imidazole rings is 1. The van der Waals surface area contributed by atoms with Crippen molar-refractivity contribution in [2.75, 3.05) is 6.54 Å². The Balaban J connectivity index is 1.50. The number of halogens is 2. The lowest BCUT2D eigenvalue weighted by Crippen LogP contribution is -2.35. The molecule has 0 saturated carbocycles. The van der Waals surface area contributed by atoms with Gasteiger partial charge in [0.05, 0.1) is 6.33 Å². The molecule has 0 aliphatic carbocycles. The van der Waals surface area contributed by atoms with Crippen molar-refractivity contribution in [2.45, 2.75) is 13.0 Å². The first kappa shape index (κ1) is 24.3. The summed E-state index contributed by atoms with van der Waals surface area (Å²) in [6.45, 7) is 1.12. The number of nitrogens with one attached hydrogen (secondary N) is 2. The molecule has 2 heterocycles. The number of hydrogen-bond acceptors (Lipinski definition) is 4. The fourth-order valence-corrected chi connectivity index (χ4v) is 3.53. The van der Waals surface area contributed by atoms with Crippen molar-refractivity contribution in [3.05, 3.63) is 106 Å². The summed E-state index contributed by atoms with van der Waals surface area (Å²) in [4.78, 5) is 29.7. The maximum atomic E-state index is 13.0. The molecule has 7 nitrogen and oxygen atoms in total. The number of aromatic nitrogens is 2. The van der Waals surface area contributed by atoms with Crippen molar-refractivity contribution in [1.29, 1.82) is 0 Å². The molecule has 0 fully saturated rings. The van der Waals surface area contributed by atoms with Crippen LogP contribution in [0.1, 0.15) is 22.5 Å². The number of amides is 2. The number of furan rings is 1. The van der Waals surface area contributed by atoms with Crippen molar-refractivity contribution in [1.82, 2.24) is 20.2 Å². The van der Waals surface area contributed by atoms with E-state index >= 15 is 0 Å². The number of benzene rings is 2. The van der Waals surface area contributed by atoms with Gasteiger partial charge in [-0.2, -0.15) is 0 Å². The summed E-state index contributed by atoms with van der Waals surface area (Å²) < 4.78 is 7.81. The molecular weight excluding hydrogens is 487 g/mol. The van der Waals surface area contributed by atoms with Crippen LogP contribution in [0.2, 0.25) is 10.0 Å². The van der Waals surface area contributed by atoms with E-state index < -0.39 is 11.8 Å². The Bertz CT molecular complexity index is 1310. The highest BCUT2D eigenvalue weighted by atomic mass is 35.5.